The van der Waals surface area contributed by atoms with E-state index in [1.165, 1.54) is 24.4 Å². The van der Waals surface area contributed by atoms with E-state index in [0.29, 0.717) is 16.9 Å². The van der Waals surface area contributed by atoms with Gasteiger partial charge in [0.05, 0.1) is 34.6 Å². The molecule has 2 aromatic carbocycles. The molecule has 0 radical (unpaired) electrons. The number of para-hydroxylation sites is 1. The third-order valence-electron chi connectivity index (χ3n) is 3.76. The first-order chi connectivity index (χ1) is 13.5. The van der Waals surface area contributed by atoms with E-state index in [4.69, 9.17) is 4.74 Å². The fourth-order valence-electron chi connectivity index (χ4n) is 2.46. The van der Waals surface area contributed by atoms with E-state index in [9.17, 15) is 13.2 Å². The molecule has 0 amide bonds. The predicted molar refractivity (Wildman–Crippen MR) is 107 cm³/mol. The second kappa shape index (κ2) is 8.53. The number of rotatable bonds is 7. The summed E-state index contributed by atoms with van der Waals surface area (Å²) in [5, 5.41) is 3.09. The van der Waals surface area contributed by atoms with Crippen LogP contribution in [0, 0.1) is 0 Å². The molecule has 0 saturated carbocycles. The van der Waals surface area contributed by atoms with Crippen molar-refractivity contribution in [2.45, 2.75) is 11.8 Å². The number of hydrogen-bond donors (Lipinski definition) is 2. The average Bonchev–Trinajstić information content (AvgIpc) is 2.70. The van der Waals surface area contributed by atoms with Crippen molar-refractivity contribution in [1.82, 2.24) is 4.98 Å². The van der Waals surface area contributed by atoms with Crippen LogP contribution in [-0.4, -0.2) is 26.0 Å². The zero-order valence-corrected chi connectivity index (χ0v) is 15.9. The number of benzene rings is 2. The molecule has 0 fully saturated rings. The highest BCUT2D eigenvalue weighted by atomic mass is 32.2. The summed E-state index contributed by atoms with van der Waals surface area (Å²) >= 11 is 0. The Morgan fingerprint density at radius 2 is 1.71 bits per heavy atom. The Hall–Kier alpha value is -3.39. The Morgan fingerprint density at radius 1 is 1.00 bits per heavy atom. The van der Waals surface area contributed by atoms with E-state index in [-0.39, 0.29) is 17.3 Å². The first kappa shape index (κ1) is 19.4. The van der Waals surface area contributed by atoms with Crippen molar-refractivity contribution >= 4 is 33.2 Å². The number of nitrogens with zero attached hydrogens (tertiary/aromatic N) is 1. The molecule has 1 aromatic heterocycles. The topological polar surface area (TPSA) is 97.4 Å². The zero-order chi connectivity index (χ0) is 20.0. The third kappa shape index (κ3) is 4.66. The van der Waals surface area contributed by atoms with E-state index >= 15 is 0 Å². The molecular formula is C20H19N3O4S. The molecule has 28 heavy (non-hydrogen) atoms. The van der Waals surface area contributed by atoms with E-state index < -0.39 is 16.0 Å². The first-order valence-corrected chi connectivity index (χ1v) is 10.0. The summed E-state index contributed by atoms with van der Waals surface area (Å²) in [6.07, 6.45) is 1.48. The minimum atomic E-state index is -3.70. The van der Waals surface area contributed by atoms with Gasteiger partial charge in [-0.3, -0.25) is 4.72 Å². The number of carbonyl (C=O) groups is 1. The summed E-state index contributed by atoms with van der Waals surface area (Å²) < 4.78 is 32.2. The molecule has 0 aliphatic carbocycles. The maximum atomic E-state index is 12.3. The summed E-state index contributed by atoms with van der Waals surface area (Å²) in [6, 6.07) is 18.2. The van der Waals surface area contributed by atoms with Gasteiger partial charge in [0, 0.05) is 0 Å². The Kier molecular flexibility index (Phi) is 5.90. The number of hydrogen-bond acceptors (Lipinski definition) is 6. The van der Waals surface area contributed by atoms with E-state index in [1.807, 2.05) is 0 Å². The average molecular weight is 397 g/mol. The van der Waals surface area contributed by atoms with Gasteiger partial charge < -0.3 is 10.1 Å². The Morgan fingerprint density at radius 3 is 2.39 bits per heavy atom. The number of ether oxygens (including phenoxy) is 1. The highest BCUT2D eigenvalue weighted by Gasteiger charge is 2.15. The monoisotopic (exact) mass is 397 g/mol. The summed E-state index contributed by atoms with van der Waals surface area (Å²) in [4.78, 5) is 16.3. The second-order valence-electron chi connectivity index (χ2n) is 5.74. The molecule has 2 N–H and O–H groups in total. The van der Waals surface area contributed by atoms with Crippen LogP contribution in [-0.2, 0) is 14.8 Å². The summed E-state index contributed by atoms with van der Waals surface area (Å²) in [5.74, 6) is -0.237. The maximum absolute atomic E-state index is 12.3. The third-order valence-corrected chi connectivity index (χ3v) is 5.13. The van der Waals surface area contributed by atoms with Crippen molar-refractivity contribution in [3.05, 3.63) is 78.5 Å². The van der Waals surface area contributed by atoms with Crippen molar-refractivity contribution in [1.29, 1.82) is 0 Å². The molecule has 0 saturated heterocycles. The normalized spacial score (nSPS) is 10.9. The van der Waals surface area contributed by atoms with Crippen molar-refractivity contribution in [2.75, 3.05) is 16.6 Å². The number of nitrogens with one attached hydrogen (secondary N) is 2. The number of sulfonamides is 1. The van der Waals surface area contributed by atoms with Crippen LogP contribution in [0.3, 0.4) is 0 Å². The summed E-state index contributed by atoms with van der Waals surface area (Å²) in [5.41, 5.74) is 1.57. The summed E-state index contributed by atoms with van der Waals surface area (Å²) in [6.45, 7) is 2.03. The molecule has 3 rings (SSSR count). The van der Waals surface area contributed by atoms with Gasteiger partial charge in [0.15, 0.2) is 0 Å². The van der Waals surface area contributed by atoms with Crippen LogP contribution in [0.25, 0.3) is 0 Å². The lowest BCUT2D eigenvalue weighted by molar-refractivity contribution is 0.0527. The zero-order valence-electron chi connectivity index (χ0n) is 15.1. The SMILES string of the molecule is CCOC(=O)c1ccccc1Nc1ccc(NS(=O)(=O)c2ccccc2)nc1. The maximum Gasteiger partial charge on any atom is 0.340 e. The minimum Gasteiger partial charge on any atom is -0.462 e. The number of aromatic nitrogens is 1. The lowest BCUT2D eigenvalue weighted by Crippen LogP contribution is -2.13. The summed E-state index contributed by atoms with van der Waals surface area (Å²) in [7, 11) is -3.70. The van der Waals surface area contributed by atoms with Crippen molar-refractivity contribution in [2.24, 2.45) is 0 Å². The van der Waals surface area contributed by atoms with Crippen molar-refractivity contribution in [3.63, 3.8) is 0 Å². The van der Waals surface area contributed by atoms with Gasteiger partial charge in [0.2, 0.25) is 0 Å². The highest BCUT2D eigenvalue weighted by molar-refractivity contribution is 7.92. The van der Waals surface area contributed by atoms with Crippen LogP contribution < -0.4 is 10.0 Å². The molecule has 3 aromatic rings. The van der Waals surface area contributed by atoms with Gasteiger partial charge in [0.25, 0.3) is 10.0 Å². The fraction of sp³-hybridized carbons (Fsp3) is 0.100. The first-order valence-electron chi connectivity index (χ1n) is 8.56. The standard InChI is InChI=1S/C20H19N3O4S/c1-2-27-20(24)17-10-6-7-11-18(17)22-15-12-13-19(21-14-15)23-28(25,26)16-8-4-3-5-9-16/h3-14,22H,2H2,1H3,(H,21,23). The quantitative estimate of drug-likeness (QED) is 0.589. The van der Waals surface area contributed by atoms with Gasteiger partial charge in [-0.1, -0.05) is 30.3 Å². The number of esters is 1. The number of anilines is 3. The molecule has 0 aliphatic heterocycles. The van der Waals surface area contributed by atoms with Crippen LogP contribution in [0.5, 0.6) is 0 Å². The largest absolute Gasteiger partial charge is 0.462 e. The lowest BCUT2D eigenvalue weighted by Gasteiger charge is -2.12. The van der Waals surface area contributed by atoms with Crippen LogP contribution in [0.15, 0.2) is 77.8 Å². The molecule has 0 unspecified atom stereocenters. The van der Waals surface area contributed by atoms with E-state index in [1.54, 1.807) is 55.5 Å². The molecule has 1 heterocycles. The van der Waals surface area contributed by atoms with Gasteiger partial charge in [-0.2, -0.15) is 0 Å². The van der Waals surface area contributed by atoms with Gasteiger partial charge in [-0.15, -0.1) is 0 Å². The molecule has 8 heteroatoms. The molecule has 0 bridgehead atoms. The van der Waals surface area contributed by atoms with Crippen molar-refractivity contribution < 1.29 is 17.9 Å². The molecule has 0 atom stereocenters. The van der Waals surface area contributed by atoms with Gasteiger partial charge in [0.1, 0.15) is 5.82 Å². The number of pyridine rings is 1. The molecule has 7 nitrogen and oxygen atoms in total. The van der Waals surface area contributed by atoms with Gasteiger partial charge in [-0.05, 0) is 43.3 Å². The molecule has 0 spiro atoms. The minimum absolute atomic E-state index is 0.155. The van der Waals surface area contributed by atoms with Crippen molar-refractivity contribution in [3.8, 4) is 0 Å². The van der Waals surface area contributed by atoms with E-state index in [0.717, 1.165) is 0 Å². The smallest absolute Gasteiger partial charge is 0.340 e. The van der Waals surface area contributed by atoms with Crippen LogP contribution in [0.4, 0.5) is 17.2 Å². The van der Waals surface area contributed by atoms with Gasteiger partial charge >= 0.3 is 5.97 Å². The fourth-order valence-corrected chi connectivity index (χ4v) is 3.49. The van der Waals surface area contributed by atoms with E-state index in [2.05, 4.69) is 15.0 Å². The van der Waals surface area contributed by atoms with Crippen LogP contribution in [0.2, 0.25) is 0 Å². The predicted octanol–water partition coefficient (Wildman–Crippen LogP) is 3.80. The van der Waals surface area contributed by atoms with Crippen LogP contribution in [0.1, 0.15) is 17.3 Å². The molecule has 0 aliphatic rings. The highest BCUT2D eigenvalue weighted by Crippen LogP contribution is 2.22. The lowest BCUT2D eigenvalue weighted by atomic mass is 10.1. The van der Waals surface area contributed by atoms with Gasteiger partial charge in [-0.25, -0.2) is 18.2 Å². The van der Waals surface area contributed by atoms with Crippen LogP contribution >= 0.6 is 0 Å². The Balaban J connectivity index is 1.75. The Labute approximate surface area is 163 Å². The Bertz CT molecular complexity index is 1050. The number of carbonyl (C=O) groups excluding carboxylic acids is 1. The molecular weight excluding hydrogens is 378 g/mol. The second-order valence-corrected chi connectivity index (χ2v) is 7.42. The molecule has 144 valence electrons.